The van der Waals surface area contributed by atoms with Crippen LogP contribution < -0.4 is 5.32 Å². The van der Waals surface area contributed by atoms with Gasteiger partial charge in [0.25, 0.3) is 0 Å². The second-order valence-electron chi connectivity index (χ2n) is 3.81. The molecule has 1 aromatic carbocycles. The van der Waals surface area contributed by atoms with Crippen LogP contribution >= 0.6 is 0 Å². The van der Waals surface area contributed by atoms with E-state index in [-0.39, 0.29) is 25.1 Å². The van der Waals surface area contributed by atoms with E-state index in [1.54, 1.807) is 6.92 Å². The Morgan fingerprint density at radius 3 is 2.50 bits per heavy atom. The van der Waals surface area contributed by atoms with Crippen molar-refractivity contribution in [3.05, 3.63) is 35.9 Å². The molecule has 0 heterocycles. The summed E-state index contributed by atoms with van der Waals surface area (Å²) in [7, 11) is 0. The predicted octanol–water partition coefficient (Wildman–Crippen LogP) is 1.17. The van der Waals surface area contributed by atoms with Crippen LogP contribution in [0.1, 0.15) is 24.9 Å². The summed E-state index contributed by atoms with van der Waals surface area (Å²) in [4.78, 5) is 10.5. The summed E-state index contributed by atoms with van der Waals surface area (Å²) in [5, 5.41) is 21.0. The van der Waals surface area contributed by atoms with Gasteiger partial charge in [-0.25, -0.2) is 0 Å². The summed E-state index contributed by atoms with van der Waals surface area (Å²) in [5.74, 6) is -0.843. The second-order valence-corrected chi connectivity index (χ2v) is 3.81. The largest absolute Gasteiger partial charge is 0.481 e. The molecule has 0 aliphatic rings. The minimum Gasteiger partial charge on any atom is -0.481 e. The Balaban J connectivity index is 2.59. The van der Waals surface area contributed by atoms with Crippen molar-refractivity contribution in [3.63, 3.8) is 0 Å². The van der Waals surface area contributed by atoms with Crippen molar-refractivity contribution in [2.45, 2.75) is 25.4 Å². The first kappa shape index (κ1) is 12.7. The molecule has 0 bridgehead atoms. The highest BCUT2D eigenvalue weighted by molar-refractivity contribution is 5.67. The zero-order valence-corrected chi connectivity index (χ0v) is 9.26. The minimum atomic E-state index is -0.843. The molecule has 4 heteroatoms. The van der Waals surface area contributed by atoms with E-state index in [2.05, 4.69) is 5.32 Å². The van der Waals surface area contributed by atoms with Gasteiger partial charge in [-0.3, -0.25) is 4.79 Å². The highest BCUT2D eigenvalue weighted by atomic mass is 16.4. The number of hydrogen-bond donors (Lipinski definition) is 3. The molecule has 3 N–H and O–H groups in total. The molecule has 88 valence electrons. The summed E-state index contributed by atoms with van der Waals surface area (Å²) in [6.45, 7) is 1.74. The van der Waals surface area contributed by atoms with E-state index in [0.29, 0.717) is 0 Å². The third-order valence-corrected chi connectivity index (χ3v) is 2.35. The van der Waals surface area contributed by atoms with Gasteiger partial charge < -0.3 is 15.5 Å². The molecule has 0 amide bonds. The van der Waals surface area contributed by atoms with Gasteiger partial charge in [-0.1, -0.05) is 30.3 Å². The average molecular weight is 223 g/mol. The molecule has 0 spiro atoms. The molecule has 2 atom stereocenters. The lowest BCUT2D eigenvalue weighted by Crippen LogP contribution is -2.34. The number of hydrogen-bond acceptors (Lipinski definition) is 3. The molecule has 0 saturated heterocycles. The van der Waals surface area contributed by atoms with Crippen LogP contribution in [0.2, 0.25) is 0 Å². The number of aliphatic carboxylic acids is 1. The number of benzene rings is 1. The van der Waals surface area contributed by atoms with Gasteiger partial charge in [0.15, 0.2) is 0 Å². The van der Waals surface area contributed by atoms with E-state index in [1.807, 2.05) is 30.3 Å². The molecular weight excluding hydrogens is 206 g/mol. The van der Waals surface area contributed by atoms with Gasteiger partial charge in [0.2, 0.25) is 0 Å². The van der Waals surface area contributed by atoms with Crippen molar-refractivity contribution in [2.24, 2.45) is 0 Å². The fourth-order valence-electron chi connectivity index (χ4n) is 1.60. The number of nitrogens with one attached hydrogen (secondary N) is 1. The van der Waals surface area contributed by atoms with E-state index in [0.717, 1.165) is 5.56 Å². The fourth-order valence-corrected chi connectivity index (χ4v) is 1.60. The van der Waals surface area contributed by atoms with Gasteiger partial charge in [0.1, 0.15) is 0 Å². The normalized spacial score (nSPS) is 14.4. The molecule has 16 heavy (non-hydrogen) atoms. The number of carboxylic acid groups (broad SMARTS) is 1. The maximum absolute atomic E-state index is 10.5. The molecule has 0 aromatic heterocycles. The zero-order valence-electron chi connectivity index (χ0n) is 9.26. The van der Waals surface area contributed by atoms with Gasteiger partial charge in [-0.2, -0.15) is 0 Å². The molecule has 2 unspecified atom stereocenters. The molecular formula is C12H17NO3. The van der Waals surface area contributed by atoms with Crippen LogP contribution in [-0.4, -0.2) is 28.8 Å². The van der Waals surface area contributed by atoms with E-state index >= 15 is 0 Å². The maximum Gasteiger partial charge on any atom is 0.304 e. The molecule has 0 aliphatic carbocycles. The molecule has 1 rings (SSSR count). The van der Waals surface area contributed by atoms with Gasteiger partial charge in [0, 0.05) is 6.04 Å². The summed E-state index contributed by atoms with van der Waals surface area (Å²) in [6, 6.07) is 9.11. The number of carboxylic acids is 1. The number of rotatable bonds is 6. The van der Waals surface area contributed by atoms with E-state index in [1.165, 1.54) is 0 Å². The van der Waals surface area contributed by atoms with Crippen molar-refractivity contribution in [3.8, 4) is 0 Å². The molecule has 0 aliphatic heterocycles. The molecule has 1 aromatic rings. The van der Waals surface area contributed by atoms with Crippen molar-refractivity contribution in [2.75, 3.05) is 6.61 Å². The summed E-state index contributed by atoms with van der Waals surface area (Å²) in [6.07, 6.45) is 0.0450. The van der Waals surface area contributed by atoms with E-state index < -0.39 is 5.97 Å². The standard InChI is InChI=1S/C12H17NO3/c1-9(7-12(15)16)13-11(8-14)10-5-3-2-4-6-10/h2-6,9,11,13-14H,7-8H2,1H3,(H,15,16). The summed E-state index contributed by atoms with van der Waals surface area (Å²) < 4.78 is 0. The topological polar surface area (TPSA) is 69.6 Å². The molecule has 0 fully saturated rings. The van der Waals surface area contributed by atoms with Crippen molar-refractivity contribution >= 4 is 5.97 Å². The third kappa shape index (κ3) is 4.00. The lowest BCUT2D eigenvalue weighted by atomic mass is 10.1. The van der Waals surface area contributed by atoms with Crippen molar-refractivity contribution in [1.29, 1.82) is 0 Å². The van der Waals surface area contributed by atoms with Gasteiger partial charge >= 0.3 is 5.97 Å². The Morgan fingerprint density at radius 1 is 1.38 bits per heavy atom. The smallest absolute Gasteiger partial charge is 0.304 e. The highest BCUT2D eigenvalue weighted by Gasteiger charge is 2.14. The number of aliphatic hydroxyl groups excluding tert-OH is 1. The Labute approximate surface area is 94.9 Å². The van der Waals surface area contributed by atoms with Crippen LogP contribution in [0.15, 0.2) is 30.3 Å². The quantitative estimate of drug-likeness (QED) is 0.677. The molecule has 4 nitrogen and oxygen atoms in total. The Hall–Kier alpha value is -1.39. The first-order valence-corrected chi connectivity index (χ1v) is 5.27. The van der Waals surface area contributed by atoms with E-state index in [4.69, 9.17) is 5.11 Å². The van der Waals surface area contributed by atoms with Crippen LogP contribution in [-0.2, 0) is 4.79 Å². The second kappa shape index (κ2) is 6.25. The van der Waals surface area contributed by atoms with Crippen LogP contribution in [0.3, 0.4) is 0 Å². The van der Waals surface area contributed by atoms with Crippen molar-refractivity contribution < 1.29 is 15.0 Å². The predicted molar refractivity (Wildman–Crippen MR) is 61.1 cm³/mol. The molecule has 0 radical (unpaired) electrons. The van der Waals surface area contributed by atoms with E-state index in [9.17, 15) is 9.90 Å². The van der Waals surface area contributed by atoms with Crippen LogP contribution in [0.4, 0.5) is 0 Å². The maximum atomic E-state index is 10.5. The molecule has 0 saturated carbocycles. The lowest BCUT2D eigenvalue weighted by molar-refractivity contribution is -0.137. The minimum absolute atomic E-state index is 0.0450. The Morgan fingerprint density at radius 2 is 2.00 bits per heavy atom. The third-order valence-electron chi connectivity index (χ3n) is 2.35. The number of carbonyl (C=O) groups is 1. The first-order chi connectivity index (χ1) is 7.63. The van der Waals surface area contributed by atoms with Gasteiger partial charge in [-0.05, 0) is 12.5 Å². The van der Waals surface area contributed by atoms with Crippen LogP contribution in [0.25, 0.3) is 0 Å². The average Bonchev–Trinajstić information content (AvgIpc) is 2.26. The zero-order chi connectivity index (χ0) is 12.0. The van der Waals surface area contributed by atoms with Crippen molar-refractivity contribution in [1.82, 2.24) is 5.32 Å². The number of aliphatic hydroxyl groups is 1. The monoisotopic (exact) mass is 223 g/mol. The SMILES string of the molecule is CC(CC(=O)O)NC(CO)c1ccccc1. The van der Waals surface area contributed by atoms with Crippen LogP contribution in [0, 0.1) is 0 Å². The lowest BCUT2D eigenvalue weighted by Gasteiger charge is -2.20. The summed E-state index contributed by atoms with van der Waals surface area (Å²) in [5.41, 5.74) is 0.960. The fraction of sp³-hybridized carbons (Fsp3) is 0.417. The first-order valence-electron chi connectivity index (χ1n) is 5.27. The van der Waals surface area contributed by atoms with Gasteiger partial charge in [0.05, 0.1) is 19.1 Å². The highest BCUT2D eigenvalue weighted by Crippen LogP contribution is 2.12. The van der Waals surface area contributed by atoms with Crippen LogP contribution in [0.5, 0.6) is 0 Å². The Kier molecular flexibility index (Phi) is 4.95. The van der Waals surface area contributed by atoms with Gasteiger partial charge in [-0.15, -0.1) is 0 Å². The summed E-state index contributed by atoms with van der Waals surface area (Å²) >= 11 is 0. The Bertz CT molecular complexity index is 326.